The van der Waals surface area contributed by atoms with E-state index in [1.165, 1.54) is 25.7 Å². The van der Waals surface area contributed by atoms with E-state index in [0.717, 1.165) is 31.1 Å². The second-order valence-electron chi connectivity index (χ2n) is 6.72. The van der Waals surface area contributed by atoms with Crippen LogP contribution in [0.25, 0.3) is 0 Å². The van der Waals surface area contributed by atoms with Crippen LogP contribution in [0.4, 0.5) is 0 Å². The van der Waals surface area contributed by atoms with Crippen LogP contribution in [-0.4, -0.2) is 39.1 Å². The zero-order valence-corrected chi connectivity index (χ0v) is 13.6. The molecule has 0 bridgehead atoms. The normalized spacial score (nSPS) is 20.9. The Morgan fingerprint density at radius 1 is 1.42 bits per heavy atom. The van der Waals surface area contributed by atoms with Gasteiger partial charge in [0.05, 0.1) is 12.7 Å². The summed E-state index contributed by atoms with van der Waals surface area (Å²) >= 11 is 0. The number of aromatic nitrogens is 4. The highest BCUT2D eigenvalue weighted by Gasteiger charge is 2.27. The lowest BCUT2D eigenvalue weighted by molar-refractivity contribution is 0.0945. The molecule has 8 heteroatoms. The summed E-state index contributed by atoms with van der Waals surface area (Å²) < 4.78 is 7.03. The van der Waals surface area contributed by atoms with Gasteiger partial charge in [0.2, 0.25) is 0 Å². The summed E-state index contributed by atoms with van der Waals surface area (Å²) in [5, 5.41) is 18.2. The maximum Gasteiger partial charge on any atom is 0.273 e. The first-order valence-electron chi connectivity index (χ1n) is 8.62. The first kappa shape index (κ1) is 15.3. The Morgan fingerprint density at radius 2 is 2.33 bits per heavy atom. The summed E-state index contributed by atoms with van der Waals surface area (Å²) in [6, 6.07) is 1.92. The third-order valence-electron chi connectivity index (χ3n) is 4.60. The molecule has 1 aliphatic carbocycles. The Balaban J connectivity index is 1.29. The number of carbonyl (C=O) groups is 1. The molecular weight excluding hydrogens is 308 g/mol. The predicted octanol–water partition coefficient (Wildman–Crippen LogP) is 1.07. The fourth-order valence-corrected chi connectivity index (χ4v) is 3.07. The number of piperidine rings is 1. The van der Waals surface area contributed by atoms with Gasteiger partial charge in [0.1, 0.15) is 11.5 Å². The van der Waals surface area contributed by atoms with Gasteiger partial charge in [0.15, 0.2) is 5.69 Å². The minimum Gasteiger partial charge on any atom is -0.361 e. The number of amides is 1. The van der Waals surface area contributed by atoms with Crippen molar-refractivity contribution >= 4 is 5.91 Å². The molecule has 1 saturated heterocycles. The second kappa shape index (κ2) is 6.72. The van der Waals surface area contributed by atoms with Crippen molar-refractivity contribution in [1.29, 1.82) is 0 Å². The Bertz CT molecular complexity index is 699. The fourth-order valence-electron chi connectivity index (χ4n) is 3.07. The Kier molecular flexibility index (Phi) is 4.29. The Morgan fingerprint density at radius 3 is 3.12 bits per heavy atom. The van der Waals surface area contributed by atoms with Crippen molar-refractivity contribution < 1.29 is 9.32 Å². The highest BCUT2D eigenvalue weighted by molar-refractivity contribution is 5.91. The third kappa shape index (κ3) is 3.64. The first-order valence-corrected chi connectivity index (χ1v) is 8.62. The molecule has 3 heterocycles. The molecule has 2 aliphatic rings. The van der Waals surface area contributed by atoms with Crippen molar-refractivity contribution in [2.75, 3.05) is 13.1 Å². The molecule has 1 saturated carbocycles. The summed E-state index contributed by atoms with van der Waals surface area (Å²) in [5.41, 5.74) is 1.08. The minimum atomic E-state index is -0.237. The molecule has 2 fully saturated rings. The lowest BCUT2D eigenvalue weighted by atomic mass is 10.00. The molecule has 2 aromatic heterocycles. The molecule has 1 aliphatic heterocycles. The van der Waals surface area contributed by atoms with Crippen LogP contribution in [0.1, 0.15) is 53.5 Å². The van der Waals surface area contributed by atoms with E-state index in [2.05, 4.69) is 26.1 Å². The average Bonchev–Trinajstić information content (AvgIpc) is 3.17. The van der Waals surface area contributed by atoms with E-state index >= 15 is 0 Å². The molecule has 24 heavy (non-hydrogen) atoms. The van der Waals surface area contributed by atoms with E-state index in [1.54, 1.807) is 10.9 Å². The maximum absolute atomic E-state index is 12.2. The van der Waals surface area contributed by atoms with Crippen LogP contribution in [0.2, 0.25) is 0 Å². The van der Waals surface area contributed by atoms with Crippen molar-refractivity contribution in [3.63, 3.8) is 0 Å². The number of hydrogen-bond acceptors (Lipinski definition) is 6. The van der Waals surface area contributed by atoms with Crippen LogP contribution in [-0.2, 0) is 13.1 Å². The SMILES string of the molecule is O=C(NCc1cc(C2CC2)on1)c1cn(CC2CCCNC2)nn1. The van der Waals surface area contributed by atoms with Crippen LogP contribution in [0.15, 0.2) is 16.8 Å². The smallest absolute Gasteiger partial charge is 0.273 e. The number of hydrogen-bond donors (Lipinski definition) is 2. The van der Waals surface area contributed by atoms with Gasteiger partial charge >= 0.3 is 0 Å². The standard InChI is InChI=1S/C16H22N6O2/c23-16(18-8-13-6-15(24-20-13)12-3-4-12)14-10-22(21-19-14)9-11-2-1-5-17-7-11/h6,10-12,17H,1-5,7-9H2,(H,18,23). The van der Waals surface area contributed by atoms with E-state index in [4.69, 9.17) is 4.52 Å². The number of rotatable bonds is 6. The second-order valence-corrected chi connectivity index (χ2v) is 6.72. The molecule has 0 spiro atoms. The van der Waals surface area contributed by atoms with Crippen LogP contribution in [0.3, 0.4) is 0 Å². The van der Waals surface area contributed by atoms with E-state index in [0.29, 0.717) is 24.1 Å². The van der Waals surface area contributed by atoms with Crippen molar-refractivity contribution in [3.05, 3.63) is 29.4 Å². The van der Waals surface area contributed by atoms with Gasteiger partial charge in [-0.05, 0) is 44.7 Å². The summed E-state index contributed by atoms with van der Waals surface area (Å²) in [6.07, 6.45) is 6.42. The topological polar surface area (TPSA) is 97.9 Å². The van der Waals surface area contributed by atoms with Gasteiger partial charge in [-0.2, -0.15) is 0 Å². The molecule has 2 aromatic rings. The van der Waals surface area contributed by atoms with Crippen molar-refractivity contribution in [2.24, 2.45) is 5.92 Å². The summed E-state index contributed by atoms with van der Waals surface area (Å²) in [6.45, 7) is 3.22. The molecule has 1 amide bonds. The highest BCUT2D eigenvalue weighted by Crippen LogP contribution is 2.40. The van der Waals surface area contributed by atoms with Gasteiger partial charge in [0.25, 0.3) is 5.91 Å². The van der Waals surface area contributed by atoms with E-state index in [9.17, 15) is 4.79 Å². The fraction of sp³-hybridized carbons (Fsp3) is 0.625. The highest BCUT2D eigenvalue weighted by atomic mass is 16.5. The molecule has 2 N–H and O–H groups in total. The average molecular weight is 330 g/mol. The zero-order valence-electron chi connectivity index (χ0n) is 13.6. The van der Waals surface area contributed by atoms with Gasteiger partial charge in [0, 0.05) is 18.5 Å². The largest absolute Gasteiger partial charge is 0.361 e. The van der Waals surface area contributed by atoms with Crippen molar-refractivity contribution in [2.45, 2.75) is 44.7 Å². The van der Waals surface area contributed by atoms with Gasteiger partial charge in [-0.25, -0.2) is 0 Å². The van der Waals surface area contributed by atoms with Gasteiger partial charge in [-0.15, -0.1) is 5.10 Å². The lowest BCUT2D eigenvalue weighted by Crippen LogP contribution is -2.32. The molecule has 4 rings (SSSR count). The van der Waals surface area contributed by atoms with E-state index in [1.807, 2.05) is 6.07 Å². The molecule has 8 nitrogen and oxygen atoms in total. The number of nitrogens with one attached hydrogen (secondary N) is 2. The first-order chi connectivity index (χ1) is 11.8. The van der Waals surface area contributed by atoms with E-state index < -0.39 is 0 Å². The Labute approximate surface area is 140 Å². The van der Waals surface area contributed by atoms with Crippen LogP contribution in [0, 0.1) is 5.92 Å². The van der Waals surface area contributed by atoms with Gasteiger partial charge in [-0.3, -0.25) is 9.48 Å². The lowest BCUT2D eigenvalue weighted by Gasteiger charge is -2.22. The Hall–Kier alpha value is -2.22. The van der Waals surface area contributed by atoms with Crippen LogP contribution in [0.5, 0.6) is 0 Å². The summed E-state index contributed by atoms with van der Waals surface area (Å²) in [4.78, 5) is 12.2. The van der Waals surface area contributed by atoms with Gasteiger partial charge in [-0.1, -0.05) is 10.4 Å². The monoisotopic (exact) mass is 330 g/mol. The maximum atomic E-state index is 12.2. The minimum absolute atomic E-state index is 0.237. The summed E-state index contributed by atoms with van der Waals surface area (Å²) in [5.74, 6) is 1.76. The van der Waals surface area contributed by atoms with Gasteiger partial charge < -0.3 is 15.2 Å². The molecule has 0 aromatic carbocycles. The number of nitrogens with zero attached hydrogens (tertiary/aromatic N) is 4. The molecule has 128 valence electrons. The molecule has 1 atom stereocenters. The van der Waals surface area contributed by atoms with Crippen molar-refractivity contribution in [1.82, 2.24) is 30.8 Å². The predicted molar refractivity (Wildman–Crippen MR) is 85.3 cm³/mol. The molecule has 0 radical (unpaired) electrons. The zero-order chi connectivity index (χ0) is 16.4. The molecule has 1 unspecified atom stereocenters. The van der Waals surface area contributed by atoms with Crippen LogP contribution >= 0.6 is 0 Å². The number of carbonyl (C=O) groups excluding carboxylic acids is 1. The molecular formula is C16H22N6O2. The third-order valence-corrected chi connectivity index (χ3v) is 4.60. The van der Waals surface area contributed by atoms with E-state index in [-0.39, 0.29) is 5.91 Å². The van der Waals surface area contributed by atoms with Crippen LogP contribution < -0.4 is 10.6 Å². The quantitative estimate of drug-likeness (QED) is 0.822. The van der Waals surface area contributed by atoms with Crippen molar-refractivity contribution in [3.8, 4) is 0 Å². The summed E-state index contributed by atoms with van der Waals surface area (Å²) in [7, 11) is 0.